The highest BCUT2D eigenvalue weighted by molar-refractivity contribution is 7.71. The predicted molar refractivity (Wildman–Crippen MR) is 114 cm³/mol. The molecule has 0 aromatic heterocycles. The summed E-state index contributed by atoms with van der Waals surface area (Å²) in [6.45, 7) is 2.85. The number of halogens is 6. The second-order valence-electron chi connectivity index (χ2n) is 7.44. The SMILES string of the molecule is Cc1cccc(C)c1C(=O)[P+](=O)c1c(C(F)(F)F)ccc(C(=O)c2ccccc2)c1C(F)(F)F. The molecule has 0 N–H and O–H groups in total. The van der Waals surface area contributed by atoms with Gasteiger partial charge in [-0.1, -0.05) is 53.1 Å². The monoisotopic (exact) mass is 497 g/mol. The van der Waals surface area contributed by atoms with Gasteiger partial charge < -0.3 is 0 Å². The lowest BCUT2D eigenvalue weighted by atomic mass is 9.95. The van der Waals surface area contributed by atoms with Gasteiger partial charge in [-0.3, -0.25) is 4.79 Å². The van der Waals surface area contributed by atoms with Crippen molar-refractivity contribution in [2.24, 2.45) is 0 Å². The lowest BCUT2D eigenvalue weighted by molar-refractivity contribution is -0.141. The maximum atomic E-state index is 14.2. The van der Waals surface area contributed by atoms with Gasteiger partial charge in [0.05, 0.1) is 5.56 Å². The highest BCUT2D eigenvalue weighted by atomic mass is 31.1. The van der Waals surface area contributed by atoms with Crippen LogP contribution in [0.3, 0.4) is 0 Å². The van der Waals surface area contributed by atoms with E-state index in [0.717, 1.165) is 0 Å². The van der Waals surface area contributed by atoms with Crippen molar-refractivity contribution < 1.29 is 40.5 Å². The fourth-order valence-corrected chi connectivity index (χ4v) is 5.24. The van der Waals surface area contributed by atoms with Crippen LogP contribution >= 0.6 is 7.80 Å². The van der Waals surface area contributed by atoms with Crippen LogP contribution in [-0.4, -0.2) is 11.3 Å². The Bertz CT molecular complexity index is 1270. The van der Waals surface area contributed by atoms with Crippen molar-refractivity contribution in [2.75, 3.05) is 0 Å². The van der Waals surface area contributed by atoms with E-state index in [1.165, 1.54) is 62.4 Å². The molecule has 3 rings (SSSR count). The van der Waals surface area contributed by atoms with E-state index in [1.54, 1.807) is 0 Å². The molecule has 3 aromatic rings. The van der Waals surface area contributed by atoms with Crippen LogP contribution in [0.5, 0.6) is 0 Å². The Morgan fingerprint density at radius 2 is 1.29 bits per heavy atom. The quantitative estimate of drug-likeness (QED) is 0.220. The summed E-state index contributed by atoms with van der Waals surface area (Å²) in [7, 11) is -3.91. The van der Waals surface area contributed by atoms with E-state index in [0.29, 0.717) is 6.07 Å². The normalized spacial score (nSPS) is 12.4. The van der Waals surface area contributed by atoms with Gasteiger partial charge in [-0.05, 0) is 37.1 Å². The maximum Gasteiger partial charge on any atom is 0.459 e. The summed E-state index contributed by atoms with van der Waals surface area (Å²) >= 11 is 0. The van der Waals surface area contributed by atoms with Crippen LogP contribution in [-0.2, 0) is 16.9 Å². The van der Waals surface area contributed by atoms with Gasteiger partial charge in [-0.2, -0.15) is 26.3 Å². The first kappa shape index (κ1) is 25.3. The first-order valence-electron chi connectivity index (χ1n) is 9.74. The molecular formula is C24H16F6O3P+. The van der Waals surface area contributed by atoms with Crippen molar-refractivity contribution in [3.8, 4) is 0 Å². The first-order chi connectivity index (χ1) is 15.7. The molecule has 0 fully saturated rings. The number of aryl methyl sites for hydroxylation is 2. The standard InChI is InChI=1S/C24H16F6O3P/c1-13-7-6-8-14(2)18(13)22(32)34(33)21-17(23(25,26)27)12-11-16(19(21)24(28,29)30)20(31)15-9-4-3-5-10-15/h3-12H,1-2H3/q+1. The summed E-state index contributed by atoms with van der Waals surface area (Å²) in [5.41, 5.74) is -6.38. The Morgan fingerprint density at radius 3 is 1.79 bits per heavy atom. The largest absolute Gasteiger partial charge is 0.459 e. The Labute approximate surface area is 191 Å². The van der Waals surface area contributed by atoms with Gasteiger partial charge in [0.1, 0.15) is 11.1 Å². The third-order valence-electron chi connectivity index (χ3n) is 5.13. The van der Waals surface area contributed by atoms with Crippen molar-refractivity contribution in [2.45, 2.75) is 26.2 Å². The third-order valence-corrected chi connectivity index (χ3v) is 6.59. The topological polar surface area (TPSA) is 51.2 Å². The lowest BCUT2D eigenvalue weighted by Gasteiger charge is -2.16. The number of hydrogen-bond acceptors (Lipinski definition) is 3. The van der Waals surface area contributed by atoms with Gasteiger partial charge in [0.15, 0.2) is 5.78 Å². The van der Waals surface area contributed by atoms with E-state index in [4.69, 9.17) is 0 Å². The van der Waals surface area contributed by atoms with E-state index in [2.05, 4.69) is 0 Å². The summed E-state index contributed by atoms with van der Waals surface area (Å²) in [4.78, 5) is 25.8. The van der Waals surface area contributed by atoms with E-state index >= 15 is 0 Å². The average molecular weight is 497 g/mol. The Kier molecular flexibility index (Phi) is 6.80. The molecule has 0 saturated carbocycles. The van der Waals surface area contributed by atoms with Crippen LogP contribution in [0, 0.1) is 13.8 Å². The molecular weight excluding hydrogens is 481 g/mol. The molecule has 0 spiro atoms. The Morgan fingerprint density at radius 1 is 0.735 bits per heavy atom. The number of carbonyl (C=O) groups is 2. The molecule has 176 valence electrons. The minimum absolute atomic E-state index is 0.213. The summed E-state index contributed by atoms with van der Waals surface area (Å²) in [6.07, 6.45) is -10.9. The molecule has 3 aromatic carbocycles. The van der Waals surface area contributed by atoms with Crippen LogP contribution in [0.1, 0.15) is 48.5 Å². The lowest BCUT2D eigenvalue weighted by Crippen LogP contribution is -2.30. The number of carbonyl (C=O) groups excluding carboxylic acids is 2. The molecule has 1 atom stereocenters. The van der Waals surface area contributed by atoms with Gasteiger partial charge in [0.25, 0.3) is 0 Å². The minimum atomic E-state index is -5.51. The molecule has 0 bridgehead atoms. The van der Waals surface area contributed by atoms with E-state index in [1.807, 2.05) is 0 Å². The summed E-state index contributed by atoms with van der Waals surface area (Å²) in [5, 5.41) is -1.75. The third kappa shape index (κ3) is 4.80. The smallest absolute Gasteiger partial charge is 0.289 e. The number of ketones is 1. The van der Waals surface area contributed by atoms with Gasteiger partial charge in [0.2, 0.25) is 5.30 Å². The molecule has 1 unspecified atom stereocenters. The first-order valence-corrected chi connectivity index (χ1v) is 11.0. The molecule has 3 nitrogen and oxygen atoms in total. The summed E-state index contributed by atoms with van der Waals surface area (Å²) in [6, 6.07) is 11.7. The maximum absolute atomic E-state index is 14.2. The van der Waals surface area contributed by atoms with Gasteiger partial charge >= 0.3 is 25.7 Å². The molecule has 10 heteroatoms. The molecule has 0 amide bonds. The molecule has 0 heterocycles. The van der Waals surface area contributed by atoms with Gasteiger partial charge in [0, 0.05) is 11.1 Å². The molecule has 0 radical (unpaired) electrons. The Hall–Kier alpha value is -3.32. The van der Waals surface area contributed by atoms with Crippen LogP contribution in [0.15, 0.2) is 60.7 Å². The summed E-state index contributed by atoms with van der Waals surface area (Å²) < 4.78 is 97.0. The van der Waals surface area contributed by atoms with E-state index in [9.17, 15) is 40.5 Å². The van der Waals surface area contributed by atoms with Crippen molar-refractivity contribution in [3.05, 3.63) is 99.6 Å². The second-order valence-corrected chi connectivity index (χ2v) is 8.88. The van der Waals surface area contributed by atoms with Crippen LogP contribution in [0.25, 0.3) is 0 Å². The van der Waals surface area contributed by atoms with Crippen LogP contribution < -0.4 is 5.30 Å². The predicted octanol–water partition coefficient (Wildman–Crippen LogP) is 6.87. The zero-order chi connectivity index (χ0) is 25.4. The van der Waals surface area contributed by atoms with E-state index in [-0.39, 0.29) is 28.3 Å². The zero-order valence-electron chi connectivity index (χ0n) is 17.7. The molecule has 0 aliphatic rings. The van der Waals surface area contributed by atoms with Crippen molar-refractivity contribution in [3.63, 3.8) is 0 Å². The van der Waals surface area contributed by atoms with Gasteiger partial charge in [-0.15, -0.1) is 0 Å². The second kappa shape index (κ2) is 9.14. The number of rotatable bonds is 5. The zero-order valence-corrected chi connectivity index (χ0v) is 18.6. The Balaban J connectivity index is 2.37. The fourth-order valence-electron chi connectivity index (χ4n) is 3.61. The minimum Gasteiger partial charge on any atom is -0.289 e. The van der Waals surface area contributed by atoms with Gasteiger partial charge in [-0.25, -0.2) is 4.79 Å². The van der Waals surface area contributed by atoms with E-state index < -0.39 is 53.5 Å². The molecule has 0 aliphatic carbocycles. The number of alkyl halides is 6. The highest BCUT2D eigenvalue weighted by Crippen LogP contribution is 2.43. The van der Waals surface area contributed by atoms with Crippen LogP contribution in [0.2, 0.25) is 0 Å². The number of benzene rings is 3. The van der Waals surface area contributed by atoms with Crippen molar-refractivity contribution in [1.82, 2.24) is 0 Å². The molecule has 0 saturated heterocycles. The molecule has 34 heavy (non-hydrogen) atoms. The fraction of sp³-hybridized carbons (Fsp3) is 0.167. The van der Waals surface area contributed by atoms with Crippen molar-refractivity contribution >= 4 is 24.4 Å². The highest BCUT2D eigenvalue weighted by Gasteiger charge is 2.53. The van der Waals surface area contributed by atoms with Crippen LogP contribution in [0.4, 0.5) is 26.3 Å². The average Bonchev–Trinajstić information content (AvgIpc) is 2.76. The number of hydrogen-bond donors (Lipinski definition) is 0. The van der Waals surface area contributed by atoms with Crippen molar-refractivity contribution in [1.29, 1.82) is 0 Å². The molecule has 0 aliphatic heterocycles. The summed E-state index contributed by atoms with van der Waals surface area (Å²) in [5.74, 6) is -1.22.